The number of hydrogen-bond acceptors (Lipinski definition) is 4. The van der Waals surface area contributed by atoms with Crippen LogP contribution in [-0.2, 0) is 4.79 Å². The summed E-state index contributed by atoms with van der Waals surface area (Å²) in [7, 11) is 0. The van der Waals surface area contributed by atoms with Crippen molar-refractivity contribution in [2.24, 2.45) is 4.99 Å². The van der Waals surface area contributed by atoms with E-state index in [1.165, 1.54) is 17.4 Å². The Balaban J connectivity index is 2.73. The zero-order chi connectivity index (χ0) is 8.10. The molecule has 0 bridgehead atoms. The minimum absolute atomic E-state index is 0.626. The predicted octanol–water partition coefficient (Wildman–Crippen LogP) is 2.11. The molecule has 1 rings (SSSR count). The predicted molar refractivity (Wildman–Crippen MR) is 43.3 cm³/mol. The molecule has 0 aliphatic heterocycles. The smallest absolute Gasteiger partial charge is 0.241 e. The van der Waals surface area contributed by atoms with Crippen LogP contribution in [0.4, 0.5) is 5.00 Å². The standard InChI is InChI=1S/C7H7NO2S/c1-2-10-6-3-7(8-5-9)11-4-6/h3-4H,2H2,1H3. The molecule has 0 radical (unpaired) electrons. The van der Waals surface area contributed by atoms with Gasteiger partial charge in [-0.3, -0.25) is 0 Å². The highest BCUT2D eigenvalue weighted by atomic mass is 32.1. The molecule has 11 heavy (non-hydrogen) atoms. The van der Waals surface area contributed by atoms with Gasteiger partial charge in [-0.2, -0.15) is 4.99 Å². The summed E-state index contributed by atoms with van der Waals surface area (Å²) in [5.74, 6) is 0.756. The molecule has 0 fully saturated rings. The number of thiophene rings is 1. The van der Waals surface area contributed by atoms with E-state index in [-0.39, 0.29) is 0 Å². The van der Waals surface area contributed by atoms with Gasteiger partial charge in [0.15, 0.2) is 0 Å². The van der Waals surface area contributed by atoms with Gasteiger partial charge in [0.1, 0.15) is 10.8 Å². The van der Waals surface area contributed by atoms with Gasteiger partial charge in [-0.05, 0) is 6.92 Å². The third-order valence-corrected chi connectivity index (χ3v) is 1.83. The van der Waals surface area contributed by atoms with Crippen LogP contribution in [-0.4, -0.2) is 12.7 Å². The molecule has 1 aromatic rings. The summed E-state index contributed by atoms with van der Waals surface area (Å²) in [5.41, 5.74) is 0. The quantitative estimate of drug-likeness (QED) is 0.513. The number of nitrogens with zero attached hydrogens (tertiary/aromatic N) is 1. The van der Waals surface area contributed by atoms with E-state index in [1.54, 1.807) is 11.4 Å². The SMILES string of the molecule is CCOc1csc(N=C=O)c1. The molecule has 0 aliphatic rings. The van der Waals surface area contributed by atoms with Crippen molar-refractivity contribution < 1.29 is 9.53 Å². The number of hydrogen-bond donors (Lipinski definition) is 0. The highest BCUT2D eigenvalue weighted by Gasteiger charge is 1.96. The van der Waals surface area contributed by atoms with Gasteiger partial charge in [0.05, 0.1) is 6.61 Å². The molecule has 0 aliphatic carbocycles. The van der Waals surface area contributed by atoms with Crippen molar-refractivity contribution in [3.05, 3.63) is 11.4 Å². The first-order valence-corrected chi connectivity index (χ1v) is 4.04. The van der Waals surface area contributed by atoms with Crippen LogP contribution in [0.25, 0.3) is 0 Å². The van der Waals surface area contributed by atoms with Crippen LogP contribution in [0.3, 0.4) is 0 Å². The normalized spacial score (nSPS) is 8.82. The van der Waals surface area contributed by atoms with Crippen LogP contribution < -0.4 is 4.74 Å². The first-order valence-electron chi connectivity index (χ1n) is 3.16. The second kappa shape index (κ2) is 3.91. The maximum Gasteiger partial charge on any atom is 0.241 e. The van der Waals surface area contributed by atoms with Gasteiger partial charge in [0, 0.05) is 11.4 Å². The van der Waals surface area contributed by atoms with Crippen molar-refractivity contribution in [3.63, 3.8) is 0 Å². The third kappa shape index (κ3) is 2.18. The van der Waals surface area contributed by atoms with Gasteiger partial charge in [-0.1, -0.05) is 0 Å². The van der Waals surface area contributed by atoms with Crippen LogP contribution in [0.2, 0.25) is 0 Å². The monoisotopic (exact) mass is 169 g/mol. The van der Waals surface area contributed by atoms with Gasteiger partial charge in [0.25, 0.3) is 0 Å². The van der Waals surface area contributed by atoms with E-state index in [9.17, 15) is 4.79 Å². The number of rotatable bonds is 3. The summed E-state index contributed by atoms with van der Waals surface area (Å²) in [6.07, 6.45) is 1.47. The van der Waals surface area contributed by atoms with Crippen molar-refractivity contribution in [2.75, 3.05) is 6.61 Å². The van der Waals surface area contributed by atoms with Crippen LogP contribution >= 0.6 is 11.3 Å². The Morgan fingerprint density at radius 1 is 1.82 bits per heavy atom. The fraction of sp³-hybridized carbons (Fsp3) is 0.286. The van der Waals surface area contributed by atoms with Gasteiger partial charge >= 0.3 is 0 Å². The zero-order valence-electron chi connectivity index (χ0n) is 6.03. The Bertz CT molecular complexity index is 276. The average Bonchev–Trinajstić information content (AvgIpc) is 2.38. The minimum Gasteiger partial charge on any atom is -0.493 e. The zero-order valence-corrected chi connectivity index (χ0v) is 6.85. The number of aliphatic imine (C=N–C) groups is 1. The second-order valence-electron chi connectivity index (χ2n) is 1.76. The molecule has 0 amide bonds. The van der Waals surface area contributed by atoms with Crippen molar-refractivity contribution in [2.45, 2.75) is 6.92 Å². The molecule has 1 heterocycles. The molecule has 4 heteroatoms. The lowest BCUT2D eigenvalue weighted by Gasteiger charge is -1.94. The molecular weight excluding hydrogens is 162 g/mol. The lowest BCUT2D eigenvalue weighted by Crippen LogP contribution is -1.87. The highest BCUT2D eigenvalue weighted by molar-refractivity contribution is 7.14. The van der Waals surface area contributed by atoms with E-state index in [1.807, 2.05) is 6.92 Å². The summed E-state index contributed by atoms with van der Waals surface area (Å²) >= 11 is 1.36. The van der Waals surface area contributed by atoms with Crippen LogP contribution in [0, 0.1) is 0 Å². The molecule has 0 aromatic carbocycles. The fourth-order valence-electron chi connectivity index (χ4n) is 0.654. The van der Waals surface area contributed by atoms with Gasteiger partial charge in [0.2, 0.25) is 6.08 Å². The Labute approximate surface area is 68.3 Å². The van der Waals surface area contributed by atoms with E-state index in [0.29, 0.717) is 11.6 Å². The lowest BCUT2D eigenvalue weighted by atomic mass is 10.6. The number of carbonyl (C=O) groups excluding carboxylic acids is 1. The summed E-state index contributed by atoms with van der Waals surface area (Å²) in [6.45, 7) is 2.53. The summed E-state index contributed by atoms with van der Waals surface area (Å²) in [5, 5.41) is 2.43. The first-order chi connectivity index (χ1) is 5.36. The lowest BCUT2D eigenvalue weighted by molar-refractivity contribution is 0.342. The van der Waals surface area contributed by atoms with Crippen LogP contribution in [0.15, 0.2) is 16.4 Å². The second-order valence-corrected chi connectivity index (χ2v) is 2.65. The molecule has 0 spiro atoms. The van der Waals surface area contributed by atoms with Gasteiger partial charge in [-0.15, -0.1) is 11.3 Å². The molecule has 3 nitrogen and oxygen atoms in total. The molecular formula is C7H7NO2S. The summed E-state index contributed by atoms with van der Waals surface area (Å²) < 4.78 is 5.15. The Morgan fingerprint density at radius 2 is 2.64 bits per heavy atom. The van der Waals surface area contributed by atoms with Gasteiger partial charge < -0.3 is 4.74 Å². The van der Waals surface area contributed by atoms with Crippen molar-refractivity contribution in [1.29, 1.82) is 0 Å². The largest absolute Gasteiger partial charge is 0.493 e. The topological polar surface area (TPSA) is 38.7 Å². The summed E-state index contributed by atoms with van der Waals surface area (Å²) in [6, 6.07) is 1.71. The molecule has 1 aromatic heterocycles. The van der Waals surface area contributed by atoms with E-state index >= 15 is 0 Å². The average molecular weight is 169 g/mol. The van der Waals surface area contributed by atoms with Crippen molar-refractivity contribution >= 4 is 22.4 Å². The van der Waals surface area contributed by atoms with Gasteiger partial charge in [-0.25, -0.2) is 4.79 Å². The number of ether oxygens (including phenoxy) is 1. The van der Waals surface area contributed by atoms with E-state index in [2.05, 4.69) is 4.99 Å². The third-order valence-electron chi connectivity index (χ3n) is 1.03. The molecule has 0 N–H and O–H groups in total. The molecule has 0 saturated carbocycles. The summed E-state index contributed by atoms with van der Waals surface area (Å²) in [4.78, 5) is 13.3. The van der Waals surface area contributed by atoms with Crippen LogP contribution in [0.1, 0.15) is 6.92 Å². The molecule has 0 unspecified atom stereocenters. The Hall–Kier alpha value is -1.12. The molecule has 0 saturated heterocycles. The Morgan fingerprint density at radius 3 is 3.27 bits per heavy atom. The molecule has 0 atom stereocenters. The van der Waals surface area contributed by atoms with E-state index in [0.717, 1.165) is 5.75 Å². The van der Waals surface area contributed by atoms with E-state index < -0.39 is 0 Å². The highest BCUT2D eigenvalue weighted by Crippen LogP contribution is 2.28. The van der Waals surface area contributed by atoms with E-state index in [4.69, 9.17) is 4.74 Å². The number of isocyanates is 1. The molecule has 58 valence electrons. The van der Waals surface area contributed by atoms with Crippen molar-refractivity contribution in [3.8, 4) is 5.75 Å². The minimum atomic E-state index is 0.626. The Kier molecular flexibility index (Phi) is 2.83. The fourth-order valence-corrected chi connectivity index (χ4v) is 1.30. The van der Waals surface area contributed by atoms with Crippen molar-refractivity contribution in [1.82, 2.24) is 0 Å². The maximum absolute atomic E-state index is 9.82. The maximum atomic E-state index is 9.82. The first kappa shape index (κ1) is 7.98. The van der Waals surface area contributed by atoms with Crippen LogP contribution in [0.5, 0.6) is 5.75 Å².